The fourth-order valence-electron chi connectivity index (χ4n) is 1.02. The Labute approximate surface area is 72.9 Å². The molecule has 0 spiro atoms. The van der Waals surface area contributed by atoms with Gasteiger partial charge in [-0.15, -0.1) is 0 Å². The summed E-state index contributed by atoms with van der Waals surface area (Å²) in [5, 5.41) is 14.1. The molecular weight excluding hydrogens is 176 g/mol. The van der Waals surface area contributed by atoms with Crippen LogP contribution < -0.4 is 11.3 Å². The van der Waals surface area contributed by atoms with E-state index in [9.17, 15) is 14.9 Å². The first-order chi connectivity index (χ1) is 5.95. The summed E-state index contributed by atoms with van der Waals surface area (Å²) in [7, 11) is 1.38. The van der Waals surface area contributed by atoms with Crippen molar-refractivity contribution in [2.45, 2.75) is 6.92 Å². The first kappa shape index (κ1) is 9.17. The van der Waals surface area contributed by atoms with E-state index in [2.05, 4.69) is 5.10 Å². The number of nitrogen functional groups attached to an aromatic ring is 1. The molecule has 13 heavy (non-hydrogen) atoms. The summed E-state index contributed by atoms with van der Waals surface area (Å²) in [6.07, 6.45) is 0. The van der Waals surface area contributed by atoms with Crippen LogP contribution in [0.3, 0.4) is 0 Å². The van der Waals surface area contributed by atoms with Crippen molar-refractivity contribution in [3.63, 3.8) is 0 Å². The molecule has 0 aromatic carbocycles. The molecule has 0 unspecified atom stereocenters. The number of hydrogen-bond acceptors (Lipinski definition) is 5. The first-order valence-corrected chi connectivity index (χ1v) is 3.43. The Morgan fingerprint density at radius 2 is 2.15 bits per heavy atom. The summed E-state index contributed by atoms with van der Waals surface area (Å²) in [4.78, 5) is 20.9. The maximum Gasteiger partial charge on any atom is 0.320 e. The van der Waals surface area contributed by atoms with Crippen molar-refractivity contribution in [3.05, 3.63) is 26.2 Å². The number of anilines is 1. The zero-order chi connectivity index (χ0) is 10.2. The van der Waals surface area contributed by atoms with Gasteiger partial charge in [0.25, 0.3) is 5.56 Å². The van der Waals surface area contributed by atoms with Crippen LogP contribution in [0.4, 0.5) is 11.4 Å². The lowest BCUT2D eigenvalue weighted by Gasteiger charge is -2.01. The van der Waals surface area contributed by atoms with Gasteiger partial charge in [0, 0.05) is 7.05 Å². The monoisotopic (exact) mass is 184 g/mol. The molecule has 0 amide bonds. The maximum atomic E-state index is 11.1. The molecule has 0 radical (unpaired) electrons. The molecule has 0 atom stereocenters. The third-order valence-electron chi connectivity index (χ3n) is 1.60. The first-order valence-electron chi connectivity index (χ1n) is 3.43. The molecular formula is C6H8N4O3. The van der Waals surface area contributed by atoms with E-state index in [-0.39, 0.29) is 11.4 Å². The van der Waals surface area contributed by atoms with Crippen molar-refractivity contribution in [1.82, 2.24) is 9.78 Å². The van der Waals surface area contributed by atoms with E-state index in [1.807, 2.05) is 0 Å². The number of nitrogens with two attached hydrogens (primary N) is 1. The molecule has 7 heteroatoms. The average molecular weight is 184 g/mol. The highest BCUT2D eigenvalue weighted by molar-refractivity contribution is 5.58. The molecule has 2 N–H and O–H groups in total. The standard InChI is InChI=1S/C6H8N4O3/c1-3-5(10(12)13)4(7)6(11)9(2)8-3/h7H2,1-2H3. The van der Waals surface area contributed by atoms with Crippen molar-refractivity contribution in [2.24, 2.45) is 7.05 Å². The summed E-state index contributed by atoms with van der Waals surface area (Å²) >= 11 is 0. The minimum atomic E-state index is -0.709. The predicted molar refractivity (Wildman–Crippen MR) is 45.3 cm³/mol. The molecule has 1 aromatic rings. The molecule has 0 aliphatic heterocycles. The topological polar surface area (TPSA) is 104 Å². The van der Waals surface area contributed by atoms with Gasteiger partial charge in [-0.3, -0.25) is 14.9 Å². The second-order valence-electron chi connectivity index (χ2n) is 2.53. The molecule has 0 saturated heterocycles. The van der Waals surface area contributed by atoms with Crippen molar-refractivity contribution >= 4 is 11.4 Å². The quantitative estimate of drug-likeness (QED) is 0.471. The van der Waals surface area contributed by atoms with Crippen molar-refractivity contribution in [3.8, 4) is 0 Å². The fourth-order valence-corrected chi connectivity index (χ4v) is 1.02. The highest BCUT2D eigenvalue weighted by Gasteiger charge is 2.20. The Kier molecular flexibility index (Phi) is 2.01. The van der Waals surface area contributed by atoms with Crippen LogP contribution in [-0.4, -0.2) is 14.7 Å². The van der Waals surface area contributed by atoms with Crippen molar-refractivity contribution in [2.75, 3.05) is 5.73 Å². The van der Waals surface area contributed by atoms with Crippen LogP contribution >= 0.6 is 0 Å². The largest absolute Gasteiger partial charge is 0.389 e. The summed E-state index contributed by atoms with van der Waals surface area (Å²) in [6.45, 7) is 1.42. The van der Waals surface area contributed by atoms with Gasteiger partial charge < -0.3 is 5.73 Å². The third-order valence-corrected chi connectivity index (χ3v) is 1.60. The van der Waals surface area contributed by atoms with Gasteiger partial charge >= 0.3 is 5.69 Å². The lowest BCUT2D eigenvalue weighted by molar-refractivity contribution is -0.385. The average Bonchev–Trinajstić information content (AvgIpc) is 1.99. The fraction of sp³-hybridized carbons (Fsp3) is 0.333. The molecule has 0 aliphatic rings. The molecule has 0 aliphatic carbocycles. The maximum absolute atomic E-state index is 11.1. The van der Waals surface area contributed by atoms with Gasteiger partial charge in [0.15, 0.2) is 5.69 Å². The molecule has 0 bridgehead atoms. The van der Waals surface area contributed by atoms with Gasteiger partial charge in [0.1, 0.15) is 5.69 Å². The molecule has 0 saturated carbocycles. The van der Waals surface area contributed by atoms with E-state index in [1.54, 1.807) is 0 Å². The number of rotatable bonds is 1. The van der Waals surface area contributed by atoms with Crippen molar-refractivity contribution in [1.29, 1.82) is 0 Å². The van der Waals surface area contributed by atoms with E-state index in [1.165, 1.54) is 14.0 Å². The smallest absolute Gasteiger partial charge is 0.320 e. The normalized spacial score (nSPS) is 10.0. The molecule has 1 rings (SSSR count). The number of aryl methyl sites for hydroxylation is 2. The van der Waals surface area contributed by atoms with Crippen molar-refractivity contribution < 1.29 is 4.92 Å². The number of nitro groups is 1. The minimum Gasteiger partial charge on any atom is -0.389 e. The molecule has 0 fully saturated rings. The lowest BCUT2D eigenvalue weighted by Crippen LogP contribution is -2.25. The van der Waals surface area contributed by atoms with Gasteiger partial charge in [-0.2, -0.15) is 5.10 Å². The second kappa shape index (κ2) is 2.85. The highest BCUT2D eigenvalue weighted by Crippen LogP contribution is 2.18. The second-order valence-corrected chi connectivity index (χ2v) is 2.53. The molecule has 7 nitrogen and oxygen atoms in total. The van der Waals surface area contributed by atoms with Crippen LogP contribution in [0, 0.1) is 17.0 Å². The zero-order valence-corrected chi connectivity index (χ0v) is 7.14. The number of hydrogen-bond donors (Lipinski definition) is 1. The highest BCUT2D eigenvalue weighted by atomic mass is 16.6. The van der Waals surface area contributed by atoms with Crippen LogP contribution in [0.15, 0.2) is 4.79 Å². The van der Waals surface area contributed by atoms with Gasteiger partial charge in [-0.25, -0.2) is 4.68 Å². The van der Waals surface area contributed by atoms with Crippen LogP contribution in [0.2, 0.25) is 0 Å². The SMILES string of the molecule is Cc1nn(C)c(=O)c(N)c1[N+](=O)[O-]. The van der Waals surface area contributed by atoms with Gasteiger partial charge in [0.05, 0.1) is 4.92 Å². The van der Waals surface area contributed by atoms with Crippen LogP contribution in [0.1, 0.15) is 5.69 Å². The van der Waals surface area contributed by atoms with Crippen LogP contribution in [-0.2, 0) is 7.05 Å². The Bertz CT molecular complexity index is 423. The number of aromatic nitrogens is 2. The Hall–Kier alpha value is -1.92. The van der Waals surface area contributed by atoms with E-state index in [4.69, 9.17) is 5.73 Å². The Morgan fingerprint density at radius 3 is 2.62 bits per heavy atom. The molecule has 1 heterocycles. The van der Waals surface area contributed by atoms with E-state index < -0.39 is 16.2 Å². The van der Waals surface area contributed by atoms with Gasteiger partial charge in [-0.05, 0) is 6.92 Å². The van der Waals surface area contributed by atoms with Gasteiger partial charge in [-0.1, -0.05) is 0 Å². The van der Waals surface area contributed by atoms with Crippen LogP contribution in [0.5, 0.6) is 0 Å². The molecule has 70 valence electrons. The summed E-state index contributed by atoms with van der Waals surface area (Å²) < 4.78 is 0.970. The van der Waals surface area contributed by atoms with E-state index in [0.717, 1.165) is 4.68 Å². The van der Waals surface area contributed by atoms with Crippen LogP contribution in [0.25, 0.3) is 0 Å². The minimum absolute atomic E-state index is 0.129. The number of nitrogens with zero attached hydrogens (tertiary/aromatic N) is 3. The molecule has 1 aromatic heterocycles. The van der Waals surface area contributed by atoms with E-state index >= 15 is 0 Å². The Balaban J connectivity index is 3.63. The van der Waals surface area contributed by atoms with Gasteiger partial charge in [0.2, 0.25) is 0 Å². The lowest BCUT2D eigenvalue weighted by atomic mass is 10.3. The Morgan fingerprint density at radius 1 is 1.62 bits per heavy atom. The third kappa shape index (κ3) is 1.35. The zero-order valence-electron chi connectivity index (χ0n) is 7.14. The van der Waals surface area contributed by atoms with E-state index in [0.29, 0.717) is 0 Å². The predicted octanol–water partition coefficient (Wildman–Crippen LogP) is -0.421. The summed E-state index contributed by atoms with van der Waals surface area (Å²) in [6, 6.07) is 0. The summed E-state index contributed by atoms with van der Waals surface area (Å²) in [5.74, 6) is 0. The summed E-state index contributed by atoms with van der Waals surface area (Å²) in [5.41, 5.74) is 3.96.